The van der Waals surface area contributed by atoms with Crippen molar-refractivity contribution in [3.05, 3.63) is 47.0 Å². The van der Waals surface area contributed by atoms with Gasteiger partial charge in [0.1, 0.15) is 6.10 Å². The first kappa shape index (κ1) is 19.8. The minimum Gasteiger partial charge on any atom is -0.450 e. The number of benzene rings is 1. The third-order valence-corrected chi connectivity index (χ3v) is 5.00. The highest BCUT2D eigenvalue weighted by atomic mass is 16.5. The lowest BCUT2D eigenvalue weighted by Gasteiger charge is -2.19. The Labute approximate surface area is 153 Å². The molecule has 0 fully saturated rings. The van der Waals surface area contributed by atoms with E-state index in [1.165, 1.54) is 44.1 Å². The highest BCUT2D eigenvalue weighted by molar-refractivity contribution is 5.91. The third-order valence-electron chi connectivity index (χ3n) is 5.00. The Kier molecular flexibility index (Phi) is 7.28. The molecule has 2 rings (SSSR count). The Hall–Kier alpha value is -1.57. The maximum Gasteiger partial charge on any atom is 0.334 e. The second-order valence-corrected chi connectivity index (χ2v) is 8.26. The molecule has 1 aliphatic rings. The minimum atomic E-state index is -0.207. The van der Waals surface area contributed by atoms with E-state index in [2.05, 4.69) is 52.0 Å². The monoisotopic (exact) mass is 342 g/mol. The smallest absolute Gasteiger partial charge is 0.334 e. The second-order valence-electron chi connectivity index (χ2n) is 8.26. The zero-order valence-corrected chi connectivity index (χ0v) is 16.4. The maximum atomic E-state index is 12.1. The second kappa shape index (κ2) is 9.22. The van der Waals surface area contributed by atoms with E-state index in [1.54, 1.807) is 0 Å². The van der Waals surface area contributed by atoms with Crippen LogP contribution in [-0.2, 0) is 14.9 Å². The zero-order valence-electron chi connectivity index (χ0n) is 16.4. The van der Waals surface area contributed by atoms with Gasteiger partial charge in [0.15, 0.2) is 0 Å². The fraction of sp³-hybridized carbons (Fsp3) is 0.609. The highest BCUT2D eigenvalue weighted by Crippen LogP contribution is 2.31. The summed E-state index contributed by atoms with van der Waals surface area (Å²) in [7, 11) is 0. The molecule has 0 saturated carbocycles. The average Bonchev–Trinajstić information content (AvgIpc) is 2.94. The molecule has 1 aliphatic heterocycles. The van der Waals surface area contributed by atoms with Gasteiger partial charge in [-0.15, -0.1) is 0 Å². The minimum absolute atomic E-state index is 0.129. The molecule has 138 valence electrons. The molecule has 25 heavy (non-hydrogen) atoms. The molecule has 0 radical (unpaired) electrons. The molecule has 1 atom stereocenters. The summed E-state index contributed by atoms with van der Waals surface area (Å²) in [5, 5.41) is 0. The highest BCUT2D eigenvalue weighted by Gasteiger charge is 2.26. The van der Waals surface area contributed by atoms with Crippen LogP contribution in [0, 0.1) is 0 Å². The summed E-state index contributed by atoms with van der Waals surface area (Å²) in [6, 6.07) is 8.47. The topological polar surface area (TPSA) is 26.3 Å². The summed E-state index contributed by atoms with van der Waals surface area (Å²) in [5.74, 6) is -0.129. The Morgan fingerprint density at radius 1 is 0.920 bits per heavy atom. The van der Waals surface area contributed by atoms with Crippen molar-refractivity contribution in [2.24, 2.45) is 0 Å². The number of carbonyl (C=O) groups excluding carboxylic acids is 1. The van der Waals surface area contributed by atoms with Gasteiger partial charge < -0.3 is 4.74 Å². The summed E-state index contributed by atoms with van der Waals surface area (Å²) in [4.78, 5) is 12.1. The lowest BCUT2D eigenvalue weighted by Crippen LogP contribution is -2.11. The van der Waals surface area contributed by atoms with E-state index in [0.717, 1.165) is 24.0 Å². The van der Waals surface area contributed by atoms with Crippen LogP contribution in [0.1, 0.15) is 96.3 Å². The molecule has 0 aromatic heterocycles. The van der Waals surface area contributed by atoms with Crippen molar-refractivity contribution in [3.63, 3.8) is 0 Å². The summed E-state index contributed by atoms with van der Waals surface area (Å²) >= 11 is 0. The van der Waals surface area contributed by atoms with Crippen LogP contribution in [0.5, 0.6) is 0 Å². The molecule has 0 aliphatic carbocycles. The van der Waals surface area contributed by atoms with E-state index in [4.69, 9.17) is 4.74 Å². The quantitative estimate of drug-likeness (QED) is 0.371. The number of carbonyl (C=O) groups is 1. The van der Waals surface area contributed by atoms with Gasteiger partial charge in [0.05, 0.1) is 0 Å². The van der Waals surface area contributed by atoms with Crippen molar-refractivity contribution in [2.45, 2.75) is 90.6 Å². The number of esters is 1. The van der Waals surface area contributed by atoms with Gasteiger partial charge in [-0.25, -0.2) is 4.79 Å². The first-order valence-electron chi connectivity index (χ1n) is 9.94. The number of rotatable bonds is 9. The van der Waals surface area contributed by atoms with E-state index >= 15 is 0 Å². The summed E-state index contributed by atoms with van der Waals surface area (Å²) in [5.41, 5.74) is 3.37. The molecule has 1 aromatic rings. The number of unbranched alkanes of at least 4 members (excludes halogenated alkanes) is 6. The molecule has 0 unspecified atom stereocenters. The lowest BCUT2D eigenvalue weighted by molar-refractivity contribution is -0.140. The van der Waals surface area contributed by atoms with E-state index in [9.17, 15) is 4.79 Å². The molecule has 0 N–H and O–H groups in total. The molecule has 0 spiro atoms. The van der Waals surface area contributed by atoms with Gasteiger partial charge >= 0.3 is 5.97 Å². The van der Waals surface area contributed by atoms with Crippen molar-refractivity contribution >= 4 is 5.97 Å². The van der Waals surface area contributed by atoms with E-state index in [1.807, 2.05) is 6.08 Å². The molecule has 1 aromatic carbocycles. The van der Waals surface area contributed by atoms with E-state index in [0.29, 0.717) is 0 Å². The Balaban J connectivity index is 1.83. The Bertz CT molecular complexity index is 575. The van der Waals surface area contributed by atoms with Crippen molar-refractivity contribution in [3.8, 4) is 0 Å². The van der Waals surface area contributed by atoms with Crippen LogP contribution < -0.4 is 0 Å². The van der Waals surface area contributed by atoms with Crippen LogP contribution in [0.3, 0.4) is 0 Å². The van der Waals surface area contributed by atoms with E-state index in [-0.39, 0.29) is 17.5 Å². The predicted octanol–water partition coefficient (Wildman–Crippen LogP) is 6.65. The van der Waals surface area contributed by atoms with Gasteiger partial charge in [0.2, 0.25) is 0 Å². The number of hydrogen-bond donors (Lipinski definition) is 0. The largest absolute Gasteiger partial charge is 0.450 e. The van der Waals surface area contributed by atoms with Gasteiger partial charge in [0, 0.05) is 5.57 Å². The molecule has 0 amide bonds. The maximum absolute atomic E-state index is 12.1. The molecule has 2 nitrogen and oxygen atoms in total. The SMILES string of the molecule is CCCCCCCCCC1=C[C@@H](c2ccc(C(C)(C)C)cc2)OC1=O. The number of cyclic esters (lactones) is 1. The number of hydrogen-bond acceptors (Lipinski definition) is 2. The molecule has 0 bridgehead atoms. The summed E-state index contributed by atoms with van der Waals surface area (Å²) in [6.45, 7) is 8.86. The van der Waals surface area contributed by atoms with Crippen molar-refractivity contribution in [2.75, 3.05) is 0 Å². The molecule has 0 saturated heterocycles. The lowest BCUT2D eigenvalue weighted by atomic mass is 9.86. The van der Waals surface area contributed by atoms with Crippen LogP contribution in [0.25, 0.3) is 0 Å². The van der Waals surface area contributed by atoms with Gasteiger partial charge in [-0.05, 0) is 35.5 Å². The zero-order chi connectivity index (χ0) is 18.3. The number of ether oxygens (including phenoxy) is 1. The summed E-state index contributed by atoms with van der Waals surface area (Å²) in [6.07, 6.45) is 11.5. The molecule has 1 heterocycles. The normalized spacial score (nSPS) is 17.5. The molecule has 2 heteroatoms. The first-order chi connectivity index (χ1) is 11.9. The van der Waals surface area contributed by atoms with E-state index < -0.39 is 0 Å². The fourth-order valence-corrected chi connectivity index (χ4v) is 3.27. The van der Waals surface area contributed by atoms with Gasteiger partial charge in [0.25, 0.3) is 0 Å². The van der Waals surface area contributed by atoms with Crippen LogP contribution in [0.2, 0.25) is 0 Å². The average molecular weight is 343 g/mol. The third kappa shape index (κ3) is 6.02. The fourth-order valence-electron chi connectivity index (χ4n) is 3.27. The van der Waals surface area contributed by atoms with Crippen LogP contribution in [-0.4, -0.2) is 5.97 Å². The van der Waals surface area contributed by atoms with Crippen LogP contribution >= 0.6 is 0 Å². The first-order valence-corrected chi connectivity index (χ1v) is 9.94. The van der Waals surface area contributed by atoms with Gasteiger partial charge in [-0.1, -0.05) is 90.5 Å². The standard InChI is InChI=1S/C23H34O2/c1-5-6-7-8-9-10-11-12-19-17-21(25-22(19)24)18-13-15-20(16-14-18)23(2,3)4/h13-17,21H,5-12H2,1-4H3/t21-/m0/s1. The van der Waals surface area contributed by atoms with Crippen molar-refractivity contribution < 1.29 is 9.53 Å². The van der Waals surface area contributed by atoms with Gasteiger partial charge in [-0.2, -0.15) is 0 Å². The Morgan fingerprint density at radius 2 is 1.52 bits per heavy atom. The molecular weight excluding hydrogens is 308 g/mol. The summed E-state index contributed by atoms with van der Waals surface area (Å²) < 4.78 is 5.56. The predicted molar refractivity (Wildman–Crippen MR) is 105 cm³/mol. The Morgan fingerprint density at radius 3 is 2.12 bits per heavy atom. The van der Waals surface area contributed by atoms with Gasteiger partial charge in [-0.3, -0.25) is 0 Å². The van der Waals surface area contributed by atoms with Crippen LogP contribution in [0.15, 0.2) is 35.9 Å². The van der Waals surface area contributed by atoms with Crippen molar-refractivity contribution in [1.29, 1.82) is 0 Å². The van der Waals surface area contributed by atoms with Crippen LogP contribution in [0.4, 0.5) is 0 Å². The van der Waals surface area contributed by atoms with Crippen molar-refractivity contribution in [1.82, 2.24) is 0 Å². The molecular formula is C23H34O2.